The van der Waals surface area contributed by atoms with Crippen molar-refractivity contribution in [3.05, 3.63) is 53.1 Å². The molecule has 0 atom stereocenters. The van der Waals surface area contributed by atoms with Gasteiger partial charge in [-0.25, -0.2) is 14.8 Å². The number of carbonyl (C=O) groups excluding carboxylic acids is 1. The van der Waals surface area contributed by atoms with E-state index in [0.717, 1.165) is 16.3 Å². The highest BCUT2D eigenvalue weighted by atomic mass is 32.1. The maximum Gasteiger partial charge on any atom is 0.358 e. The van der Waals surface area contributed by atoms with Crippen LogP contribution in [0, 0.1) is 6.92 Å². The standard InChI is InChI=1S/C18H17N3O4S/c1-11-7-20-14(8-19-11)18(22)25-9-13-10-26-17(21-13)12-4-5-15(23-2)16(6-12)24-3/h4-8,10H,9H2,1-3H3. The van der Waals surface area contributed by atoms with Crippen molar-refractivity contribution in [3.63, 3.8) is 0 Å². The SMILES string of the molecule is COc1ccc(-c2nc(COC(=O)c3cnc(C)cn3)cs2)cc1OC. The summed E-state index contributed by atoms with van der Waals surface area (Å²) >= 11 is 1.46. The molecule has 3 rings (SSSR count). The second-order valence-electron chi connectivity index (χ2n) is 5.33. The molecular formula is C18H17N3O4S. The molecule has 0 saturated heterocycles. The van der Waals surface area contributed by atoms with Crippen LogP contribution in [0.5, 0.6) is 11.5 Å². The molecule has 0 aliphatic carbocycles. The molecule has 0 N–H and O–H groups in total. The van der Waals surface area contributed by atoms with Crippen molar-refractivity contribution in [1.29, 1.82) is 0 Å². The second kappa shape index (κ2) is 7.92. The van der Waals surface area contributed by atoms with E-state index in [1.807, 2.05) is 23.6 Å². The summed E-state index contributed by atoms with van der Waals surface area (Å²) in [6.07, 6.45) is 2.92. The van der Waals surface area contributed by atoms with Crippen LogP contribution in [-0.2, 0) is 11.3 Å². The molecule has 8 heteroatoms. The fourth-order valence-corrected chi connectivity index (χ4v) is 2.99. The van der Waals surface area contributed by atoms with E-state index in [4.69, 9.17) is 14.2 Å². The second-order valence-corrected chi connectivity index (χ2v) is 6.19. The highest BCUT2D eigenvalue weighted by molar-refractivity contribution is 7.13. The van der Waals surface area contributed by atoms with Crippen LogP contribution in [0.4, 0.5) is 0 Å². The maximum absolute atomic E-state index is 12.0. The lowest BCUT2D eigenvalue weighted by Crippen LogP contribution is -2.08. The molecule has 0 bridgehead atoms. The lowest BCUT2D eigenvalue weighted by Gasteiger charge is -2.08. The number of carbonyl (C=O) groups is 1. The molecule has 0 spiro atoms. The molecule has 0 aliphatic heterocycles. The van der Waals surface area contributed by atoms with Gasteiger partial charge in [-0.15, -0.1) is 11.3 Å². The van der Waals surface area contributed by atoms with Gasteiger partial charge in [0.15, 0.2) is 17.2 Å². The third-order valence-corrected chi connectivity index (χ3v) is 4.46. The predicted octanol–water partition coefficient (Wildman–Crippen LogP) is 3.28. The van der Waals surface area contributed by atoms with Gasteiger partial charge in [-0.05, 0) is 25.1 Å². The number of benzene rings is 1. The summed E-state index contributed by atoms with van der Waals surface area (Å²) in [4.78, 5) is 24.5. The summed E-state index contributed by atoms with van der Waals surface area (Å²) in [7, 11) is 3.17. The van der Waals surface area contributed by atoms with E-state index in [0.29, 0.717) is 17.2 Å². The first-order valence-corrected chi connectivity index (χ1v) is 8.61. The van der Waals surface area contributed by atoms with Crippen molar-refractivity contribution >= 4 is 17.3 Å². The molecule has 26 heavy (non-hydrogen) atoms. The van der Waals surface area contributed by atoms with Crippen LogP contribution in [0.3, 0.4) is 0 Å². The van der Waals surface area contributed by atoms with Gasteiger partial charge in [-0.1, -0.05) is 0 Å². The lowest BCUT2D eigenvalue weighted by molar-refractivity contribution is 0.0461. The molecule has 3 aromatic rings. The van der Waals surface area contributed by atoms with Crippen molar-refractivity contribution in [2.75, 3.05) is 14.2 Å². The third kappa shape index (κ3) is 3.97. The zero-order chi connectivity index (χ0) is 18.5. The number of hydrogen-bond acceptors (Lipinski definition) is 8. The molecule has 0 aliphatic rings. The van der Waals surface area contributed by atoms with Gasteiger partial charge in [0.05, 0.1) is 31.8 Å². The molecule has 0 fully saturated rings. The quantitative estimate of drug-likeness (QED) is 0.615. The average Bonchev–Trinajstić information content (AvgIpc) is 3.15. The first-order valence-electron chi connectivity index (χ1n) is 7.73. The van der Waals surface area contributed by atoms with E-state index in [1.165, 1.54) is 23.7 Å². The maximum atomic E-state index is 12.0. The Morgan fingerprint density at radius 3 is 2.62 bits per heavy atom. The molecule has 134 valence electrons. The lowest BCUT2D eigenvalue weighted by atomic mass is 10.2. The summed E-state index contributed by atoms with van der Waals surface area (Å²) in [6.45, 7) is 1.87. The molecule has 2 heterocycles. The Hall–Kier alpha value is -3.00. The summed E-state index contributed by atoms with van der Waals surface area (Å²) in [5.41, 5.74) is 2.47. The van der Waals surface area contributed by atoms with Gasteiger partial charge in [-0.2, -0.15) is 0 Å². The Labute approximate surface area is 154 Å². The minimum Gasteiger partial charge on any atom is -0.493 e. The Kier molecular flexibility index (Phi) is 5.43. The van der Waals surface area contributed by atoms with Gasteiger partial charge in [-0.3, -0.25) is 4.98 Å². The number of aryl methyl sites for hydroxylation is 1. The smallest absolute Gasteiger partial charge is 0.358 e. The molecule has 1 aromatic carbocycles. The number of thiazole rings is 1. The molecule has 0 amide bonds. The van der Waals surface area contributed by atoms with Crippen LogP contribution in [0.1, 0.15) is 21.9 Å². The monoisotopic (exact) mass is 371 g/mol. The van der Waals surface area contributed by atoms with Crippen LogP contribution >= 0.6 is 11.3 Å². The molecular weight excluding hydrogens is 354 g/mol. The van der Waals surface area contributed by atoms with Gasteiger partial charge < -0.3 is 14.2 Å². The highest BCUT2D eigenvalue weighted by Gasteiger charge is 2.13. The minimum atomic E-state index is -0.529. The number of nitrogens with zero attached hydrogens (tertiary/aromatic N) is 3. The first-order chi connectivity index (χ1) is 12.6. The normalized spacial score (nSPS) is 10.4. The Morgan fingerprint density at radius 1 is 1.12 bits per heavy atom. The van der Waals surface area contributed by atoms with Gasteiger partial charge in [0, 0.05) is 17.1 Å². The Balaban J connectivity index is 1.68. The van der Waals surface area contributed by atoms with Crippen LogP contribution in [0.25, 0.3) is 10.6 Å². The number of ether oxygens (including phenoxy) is 3. The van der Waals surface area contributed by atoms with Crippen LogP contribution < -0.4 is 9.47 Å². The van der Waals surface area contributed by atoms with E-state index < -0.39 is 5.97 Å². The number of hydrogen-bond donors (Lipinski definition) is 0. The zero-order valence-corrected chi connectivity index (χ0v) is 15.4. The summed E-state index contributed by atoms with van der Waals surface area (Å²) in [6, 6.07) is 5.58. The van der Waals surface area contributed by atoms with Gasteiger partial charge in [0.2, 0.25) is 0 Å². The molecule has 7 nitrogen and oxygen atoms in total. The Bertz CT molecular complexity index is 909. The summed E-state index contributed by atoms with van der Waals surface area (Å²) in [5.74, 6) is 0.755. The number of rotatable bonds is 6. The number of esters is 1. The van der Waals surface area contributed by atoms with E-state index in [9.17, 15) is 4.79 Å². The van der Waals surface area contributed by atoms with E-state index >= 15 is 0 Å². The zero-order valence-electron chi connectivity index (χ0n) is 14.6. The van der Waals surface area contributed by atoms with Gasteiger partial charge >= 0.3 is 5.97 Å². The van der Waals surface area contributed by atoms with E-state index in [1.54, 1.807) is 21.1 Å². The largest absolute Gasteiger partial charge is 0.493 e. The van der Waals surface area contributed by atoms with Crippen LogP contribution in [0.15, 0.2) is 36.0 Å². The Morgan fingerprint density at radius 2 is 1.92 bits per heavy atom. The summed E-state index contributed by atoms with van der Waals surface area (Å²) < 4.78 is 15.8. The molecule has 2 aromatic heterocycles. The average molecular weight is 371 g/mol. The topological polar surface area (TPSA) is 83.4 Å². The fraction of sp³-hybridized carbons (Fsp3) is 0.222. The van der Waals surface area contributed by atoms with E-state index in [2.05, 4.69) is 15.0 Å². The van der Waals surface area contributed by atoms with E-state index in [-0.39, 0.29) is 12.3 Å². The van der Waals surface area contributed by atoms with Crippen molar-refractivity contribution < 1.29 is 19.0 Å². The fourth-order valence-electron chi connectivity index (χ4n) is 2.19. The molecule has 0 saturated carbocycles. The van der Waals surface area contributed by atoms with Crippen molar-refractivity contribution in [3.8, 4) is 22.1 Å². The first kappa shape index (κ1) is 17.8. The minimum absolute atomic E-state index is 0.0676. The van der Waals surface area contributed by atoms with Gasteiger partial charge in [0.1, 0.15) is 11.6 Å². The number of aromatic nitrogens is 3. The van der Waals surface area contributed by atoms with Crippen molar-refractivity contribution in [2.24, 2.45) is 0 Å². The highest BCUT2D eigenvalue weighted by Crippen LogP contribution is 2.33. The van der Waals surface area contributed by atoms with Crippen LogP contribution in [-0.4, -0.2) is 35.1 Å². The predicted molar refractivity (Wildman–Crippen MR) is 96.5 cm³/mol. The van der Waals surface area contributed by atoms with Gasteiger partial charge in [0.25, 0.3) is 0 Å². The third-order valence-electron chi connectivity index (χ3n) is 3.52. The molecule has 0 radical (unpaired) electrons. The van der Waals surface area contributed by atoms with Crippen LogP contribution in [0.2, 0.25) is 0 Å². The molecule has 0 unspecified atom stereocenters. The van der Waals surface area contributed by atoms with Crippen molar-refractivity contribution in [2.45, 2.75) is 13.5 Å². The summed E-state index contributed by atoms with van der Waals surface area (Å²) in [5, 5.41) is 2.65. The van der Waals surface area contributed by atoms with Crippen molar-refractivity contribution in [1.82, 2.24) is 15.0 Å². The number of methoxy groups -OCH3 is 2.